The van der Waals surface area contributed by atoms with Crippen molar-refractivity contribution >= 4 is 17.2 Å². The standard InChI is InChI=1S/C20H18F3N3O3S/c1-13(29-15-5-2-4-14(12-15)20(21,22)23)19(27)24-9-10-28-18-8-7-16(25-26-18)17-6-3-11-30-17/h2-8,11-13H,9-10H2,1H3,(H,24,27). The van der Waals surface area contributed by atoms with Crippen molar-refractivity contribution in [2.75, 3.05) is 13.2 Å². The predicted molar refractivity (Wildman–Crippen MR) is 105 cm³/mol. The van der Waals surface area contributed by atoms with Gasteiger partial charge in [-0.3, -0.25) is 4.79 Å². The van der Waals surface area contributed by atoms with Crippen molar-refractivity contribution in [2.24, 2.45) is 0 Å². The van der Waals surface area contributed by atoms with Gasteiger partial charge in [0.2, 0.25) is 5.88 Å². The Morgan fingerprint density at radius 3 is 2.67 bits per heavy atom. The molecule has 158 valence electrons. The quantitative estimate of drug-likeness (QED) is 0.535. The summed E-state index contributed by atoms with van der Waals surface area (Å²) in [6, 6.07) is 11.7. The number of thiophene rings is 1. The Balaban J connectivity index is 1.42. The lowest BCUT2D eigenvalue weighted by Gasteiger charge is -2.16. The number of carbonyl (C=O) groups excluding carboxylic acids is 1. The second kappa shape index (κ2) is 9.57. The number of benzene rings is 1. The smallest absolute Gasteiger partial charge is 0.416 e. The van der Waals surface area contributed by atoms with Crippen LogP contribution in [-0.2, 0) is 11.0 Å². The molecule has 2 heterocycles. The summed E-state index contributed by atoms with van der Waals surface area (Å²) in [5, 5.41) is 12.6. The normalized spacial score (nSPS) is 12.3. The molecule has 0 radical (unpaired) electrons. The summed E-state index contributed by atoms with van der Waals surface area (Å²) >= 11 is 1.55. The summed E-state index contributed by atoms with van der Waals surface area (Å²) in [5.74, 6) is -0.196. The predicted octanol–water partition coefficient (Wildman–Crippen LogP) is 4.19. The molecule has 1 unspecified atom stereocenters. The average Bonchev–Trinajstić information content (AvgIpc) is 3.26. The van der Waals surface area contributed by atoms with E-state index in [-0.39, 0.29) is 18.9 Å². The van der Waals surface area contributed by atoms with Crippen LogP contribution < -0.4 is 14.8 Å². The van der Waals surface area contributed by atoms with Crippen LogP contribution in [0.5, 0.6) is 11.6 Å². The fourth-order valence-electron chi connectivity index (χ4n) is 2.43. The highest BCUT2D eigenvalue weighted by atomic mass is 32.1. The van der Waals surface area contributed by atoms with Crippen LogP contribution in [0.3, 0.4) is 0 Å². The largest absolute Gasteiger partial charge is 0.481 e. The van der Waals surface area contributed by atoms with Gasteiger partial charge in [-0.1, -0.05) is 12.1 Å². The number of hydrogen-bond acceptors (Lipinski definition) is 6. The number of nitrogens with zero attached hydrogens (tertiary/aromatic N) is 2. The van der Waals surface area contributed by atoms with Gasteiger partial charge in [0.15, 0.2) is 6.10 Å². The molecule has 1 N–H and O–H groups in total. The SMILES string of the molecule is CC(Oc1cccc(C(F)(F)F)c1)C(=O)NCCOc1ccc(-c2cccs2)nn1. The summed E-state index contributed by atoms with van der Waals surface area (Å²) in [6.07, 6.45) is -5.45. The number of halogens is 3. The molecule has 1 amide bonds. The Morgan fingerprint density at radius 1 is 1.17 bits per heavy atom. The molecule has 30 heavy (non-hydrogen) atoms. The molecular weight excluding hydrogens is 419 g/mol. The Hall–Kier alpha value is -3.14. The maximum atomic E-state index is 12.7. The molecular formula is C20H18F3N3O3S. The zero-order chi connectivity index (χ0) is 21.6. The molecule has 0 saturated carbocycles. The number of ether oxygens (including phenoxy) is 2. The van der Waals surface area contributed by atoms with Crippen LogP contribution >= 0.6 is 11.3 Å². The van der Waals surface area contributed by atoms with E-state index >= 15 is 0 Å². The molecule has 0 spiro atoms. The van der Waals surface area contributed by atoms with Gasteiger partial charge in [-0.25, -0.2) is 0 Å². The van der Waals surface area contributed by atoms with E-state index in [1.165, 1.54) is 19.1 Å². The van der Waals surface area contributed by atoms with Gasteiger partial charge in [0, 0.05) is 6.07 Å². The first-order valence-electron chi connectivity index (χ1n) is 8.95. The Bertz CT molecular complexity index is 963. The van der Waals surface area contributed by atoms with Gasteiger partial charge in [0.05, 0.1) is 17.0 Å². The molecule has 0 bridgehead atoms. The minimum Gasteiger partial charge on any atom is -0.481 e. The van der Waals surface area contributed by atoms with Crippen LogP contribution in [0.1, 0.15) is 12.5 Å². The zero-order valence-electron chi connectivity index (χ0n) is 15.8. The highest BCUT2D eigenvalue weighted by Gasteiger charge is 2.30. The molecule has 1 aromatic carbocycles. The van der Waals surface area contributed by atoms with E-state index in [2.05, 4.69) is 15.5 Å². The lowest BCUT2D eigenvalue weighted by molar-refractivity contribution is -0.137. The van der Waals surface area contributed by atoms with Crippen molar-refractivity contribution in [2.45, 2.75) is 19.2 Å². The van der Waals surface area contributed by atoms with Crippen molar-refractivity contribution < 1.29 is 27.4 Å². The van der Waals surface area contributed by atoms with E-state index in [9.17, 15) is 18.0 Å². The van der Waals surface area contributed by atoms with Gasteiger partial charge < -0.3 is 14.8 Å². The minimum atomic E-state index is -4.48. The van der Waals surface area contributed by atoms with Crippen LogP contribution in [0.4, 0.5) is 13.2 Å². The molecule has 1 atom stereocenters. The Kier molecular flexibility index (Phi) is 6.88. The number of nitrogens with one attached hydrogen (secondary N) is 1. The molecule has 0 fully saturated rings. The summed E-state index contributed by atoms with van der Waals surface area (Å²) < 4.78 is 49.0. The van der Waals surface area contributed by atoms with Gasteiger partial charge in [0.1, 0.15) is 18.1 Å². The first-order valence-corrected chi connectivity index (χ1v) is 9.83. The third-order valence-electron chi connectivity index (χ3n) is 3.91. The molecule has 0 aliphatic rings. The maximum Gasteiger partial charge on any atom is 0.416 e. The van der Waals surface area contributed by atoms with Gasteiger partial charge in [-0.05, 0) is 42.6 Å². The van der Waals surface area contributed by atoms with Crippen molar-refractivity contribution in [3.63, 3.8) is 0 Å². The average molecular weight is 437 g/mol. The lowest BCUT2D eigenvalue weighted by atomic mass is 10.2. The van der Waals surface area contributed by atoms with Crippen LogP contribution in [0.25, 0.3) is 10.6 Å². The van der Waals surface area contributed by atoms with Crippen molar-refractivity contribution in [3.8, 4) is 22.2 Å². The molecule has 3 rings (SSSR count). The van der Waals surface area contributed by atoms with Crippen molar-refractivity contribution in [3.05, 3.63) is 59.5 Å². The first-order chi connectivity index (χ1) is 14.3. The monoisotopic (exact) mass is 437 g/mol. The number of aromatic nitrogens is 2. The van der Waals surface area contributed by atoms with E-state index in [0.717, 1.165) is 22.7 Å². The molecule has 10 heteroatoms. The second-order valence-corrected chi connectivity index (χ2v) is 7.11. The number of carbonyl (C=O) groups is 1. The molecule has 0 aliphatic heterocycles. The molecule has 3 aromatic rings. The highest BCUT2D eigenvalue weighted by Crippen LogP contribution is 2.31. The number of alkyl halides is 3. The fourth-order valence-corrected chi connectivity index (χ4v) is 3.12. The van der Waals surface area contributed by atoms with Crippen molar-refractivity contribution in [1.29, 1.82) is 0 Å². The Morgan fingerprint density at radius 2 is 2.00 bits per heavy atom. The van der Waals surface area contributed by atoms with Crippen LogP contribution in [0.2, 0.25) is 0 Å². The summed E-state index contributed by atoms with van der Waals surface area (Å²) in [4.78, 5) is 13.1. The molecule has 0 saturated heterocycles. The number of amides is 1. The topological polar surface area (TPSA) is 73.3 Å². The lowest BCUT2D eigenvalue weighted by Crippen LogP contribution is -2.38. The van der Waals surface area contributed by atoms with E-state index in [1.54, 1.807) is 23.5 Å². The van der Waals surface area contributed by atoms with Crippen LogP contribution in [0, 0.1) is 0 Å². The van der Waals surface area contributed by atoms with Gasteiger partial charge in [-0.2, -0.15) is 13.2 Å². The van der Waals surface area contributed by atoms with Gasteiger partial charge in [-0.15, -0.1) is 21.5 Å². The van der Waals surface area contributed by atoms with E-state index in [1.807, 2.05) is 17.5 Å². The van der Waals surface area contributed by atoms with E-state index < -0.39 is 23.8 Å². The summed E-state index contributed by atoms with van der Waals surface area (Å²) in [6.45, 7) is 1.77. The third kappa shape index (κ3) is 5.93. The van der Waals surface area contributed by atoms with E-state index in [4.69, 9.17) is 9.47 Å². The summed E-state index contributed by atoms with van der Waals surface area (Å²) in [7, 11) is 0. The minimum absolute atomic E-state index is 0.0372. The maximum absolute atomic E-state index is 12.7. The Labute approximate surface area is 174 Å². The molecule has 6 nitrogen and oxygen atoms in total. The highest BCUT2D eigenvalue weighted by molar-refractivity contribution is 7.13. The zero-order valence-corrected chi connectivity index (χ0v) is 16.7. The first kappa shape index (κ1) is 21.6. The van der Waals surface area contributed by atoms with Crippen LogP contribution in [0.15, 0.2) is 53.9 Å². The number of rotatable bonds is 8. The van der Waals surface area contributed by atoms with E-state index in [0.29, 0.717) is 5.88 Å². The second-order valence-electron chi connectivity index (χ2n) is 6.16. The summed E-state index contributed by atoms with van der Waals surface area (Å²) in [5.41, 5.74) is -0.0987. The third-order valence-corrected chi connectivity index (χ3v) is 4.80. The fraction of sp³-hybridized carbons (Fsp3) is 0.250. The van der Waals surface area contributed by atoms with Crippen LogP contribution in [-0.4, -0.2) is 35.4 Å². The van der Waals surface area contributed by atoms with Crippen molar-refractivity contribution in [1.82, 2.24) is 15.5 Å². The number of hydrogen-bond donors (Lipinski definition) is 1. The van der Waals surface area contributed by atoms with Gasteiger partial charge >= 0.3 is 6.18 Å². The molecule has 0 aliphatic carbocycles. The molecule has 2 aromatic heterocycles. The van der Waals surface area contributed by atoms with Gasteiger partial charge in [0.25, 0.3) is 5.91 Å².